The van der Waals surface area contributed by atoms with Gasteiger partial charge in [0.15, 0.2) is 0 Å². The zero-order valence-electron chi connectivity index (χ0n) is 7.67. The third-order valence-electron chi connectivity index (χ3n) is 1.60. The van der Waals surface area contributed by atoms with Gasteiger partial charge in [-0.05, 0) is 31.0 Å². The summed E-state index contributed by atoms with van der Waals surface area (Å²) >= 11 is 0. The van der Waals surface area contributed by atoms with E-state index in [0.29, 0.717) is 0 Å². The molecule has 0 aromatic heterocycles. The summed E-state index contributed by atoms with van der Waals surface area (Å²) < 4.78 is 0. The van der Waals surface area contributed by atoms with Crippen LogP contribution in [0.3, 0.4) is 0 Å². The topological polar surface area (TPSA) is 0 Å². The molecule has 0 bridgehead atoms. The predicted octanol–water partition coefficient (Wildman–Crippen LogP) is 3.75. The quantitative estimate of drug-likeness (QED) is 0.615. The summed E-state index contributed by atoms with van der Waals surface area (Å²) in [5, 5.41) is 0. The fraction of sp³-hybridized carbons (Fsp3) is 0.167. The Hall–Kier alpha value is -1.30. The van der Waals surface area contributed by atoms with Gasteiger partial charge in [0.2, 0.25) is 0 Å². The first-order valence-corrected chi connectivity index (χ1v) is 4.10. The molecule has 0 unspecified atom stereocenters. The van der Waals surface area contributed by atoms with Crippen LogP contribution in [0.2, 0.25) is 0 Å². The summed E-state index contributed by atoms with van der Waals surface area (Å²) in [6, 6.07) is 8.32. The van der Waals surface area contributed by atoms with Crippen LogP contribution in [-0.4, -0.2) is 0 Å². The standard InChI is InChI=1S/C12H14/c1-4-11-6-5-7-12(9-11)8-10(2)3/h4-9H,1H2,2-3H3. The van der Waals surface area contributed by atoms with E-state index in [-0.39, 0.29) is 0 Å². The average Bonchev–Trinajstić information content (AvgIpc) is 2.03. The van der Waals surface area contributed by atoms with E-state index in [0.717, 1.165) is 0 Å². The van der Waals surface area contributed by atoms with Crippen molar-refractivity contribution in [1.29, 1.82) is 0 Å². The van der Waals surface area contributed by atoms with Crippen LogP contribution in [0.25, 0.3) is 12.2 Å². The minimum Gasteiger partial charge on any atom is -0.0985 e. The lowest BCUT2D eigenvalue weighted by molar-refractivity contribution is 1.42. The second-order valence-corrected chi connectivity index (χ2v) is 3.10. The molecule has 0 spiro atoms. The Kier molecular flexibility index (Phi) is 2.87. The van der Waals surface area contributed by atoms with Crippen molar-refractivity contribution >= 4 is 12.2 Å². The molecule has 0 aliphatic rings. The van der Waals surface area contributed by atoms with Crippen molar-refractivity contribution in [2.75, 3.05) is 0 Å². The summed E-state index contributed by atoms with van der Waals surface area (Å²) in [4.78, 5) is 0. The maximum absolute atomic E-state index is 3.73. The molecule has 1 rings (SSSR count). The fourth-order valence-corrected chi connectivity index (χ4v) is 1.11. The minimum absolute atomic E-state index is 1.17. The van der Waals surface area contributed by atoms with E-state index in [4.69, 9.17) is 0 Å². The highest BCUT2D eigenvalue weighted by atomic mass is 13.9. The van der Waals surface area contributed by atoms with Gasteiger partial charge in [0, 0.05) is 0 Å². The van der Waals surface area contributed by atoms with Crippen LogP contribution in [0.15, 0.2) is 36.4 Å². The average molecular weight is 158 g/mol. The molecular weight excluding hydrogens is 144 g/mol. The molecule has 0 heteroatoms. The molecule has 0 saturated carbocycles. The third kappa shape index (κ3) is 2.39. The number of hydrogen-bond acceptors (Lipinski definition) is 0. The second-order valence-electron chi connectivity index (χ2n) is 3.10. The highest BCUT2D eigenvalue weighted by Gasteiger charge is 1.88. The number of rotatable bonds is 2. The SMILES string of the molecule is C=Cc1cccc(C=C(C)C)c1. The Morgan fingerprint density at radius 1 is 1.25 bits per heavy atom. The summed E-state index contributed by atoms with van der Waals surface area (Å²) in [6.45, 7) is 7.93. The van der Waals surface area contributed by atoms with Gasteiger partial charge < -0.3 is 0 Å². The van der Waals surface area contributed by atoms with Gasteiger partial charge in [-0.15, -0.1) is 0 Å². The van der Waals surface area contributed by atoms with Gasteiger partial charge in [0.1, 0.15) is 0 Å². The van der Waals surface area contributed by atoms with Crippen LogP contribution in [0.5, 0.6) is 0 Å². The van der Waals surface area contributed by atoms with Crippen LogP contribution in [0, 0.1) is 0 Å². The van der Waals surface area contributed by atoms with Crippen molar-refractivity contribution in [3.05, 3.63) is 47.5 Å². The third-order valence-corrected chi connectivity index (χ3v) is 1.60. The van der Waals surface area contributed by atoms with Crippen LogP contribution in [0.4, 0.5) is 0 Å². The van der Waals surface area contributed by atoms with E-state index in [1.165, 1.54) is 16.7 Å². The molecule has 0 atom stereocenters. The Morgan fingerprint density at radius 3 is 2.50 bits per heavy atom. The van der Waals surface area contributed by atoms with Gasteiger partial charge in [0.25, 0.3) is 0 Å². The molecular formula is C12H14. The van der Waals surface area contributed by atoms with Crippen molar-refractivity contribution in [3.8, 4) is 0 Å². The van der Waals surface area contributed by atoms with Crippen molar-refractivity contribution in [2.24, 2.45) is 0 Å². The molecule has 1 aromatic carbocycles. The normalized spacial score (nSPS) is 9.17. The maximum Gasteiger partial charge on any atom is -0.0251 e. The number of hydrogen-bond donors (Lipinski definition) is 0. The van der Waals surface area contributed by atoms with E-state index in [1.807, 2.05) is 12.1 Å². The molecule has 0 amide bonds. The highest BCUT2D eigenvalue weighted by molar-refractivity contribution is 5.57. The Balaban J connectivity index is 3.02. The zero-order chi connectivity index (χ0) is 8.97. The van der Waals surface area contributed by atoms with Crippen LogP contribution in [-0.2, 0) is 0 Å². The van der Waals surface area contributed by atoms with Crippen molar-refractivity contribution in [1.82, 2.24) is 0 Å². The molecule has 0 N–H and O–H groups in total. The molecule has 0 fully saturated rings. The van der Waals surface area contributed by atoms with Gasteiger partial charge in [-0.1, -0.05) is 42.5 Å². The van der Waals surface area contributed by atoms with Crippen LogP contribution >= 0.6 is 0 Å². The summed E-state index contributed by atoms with van der Waals surface area (Å²) in [6.07, 6.45) is 4.02. The molecule has 0 aliphatic heterocycles. The van der Waals surface area contributed by atoms with E-state index in [1.54, 1.807) is 0 Å². The molecule has 1 aromatic rings. The van der Waals surface area contributed by atoms with E-state index >= 15 is 0 Å². The second kappa shape index (κ2) is 3.91. The van der Waals surface area contributed by atoms with E-state index in [9.17, 15) is 0 Å². The van der Waals surface area contributed by atoms with Crippen molar-refractivity contribution in [2.45, 2.75) is 13.8 Å². The zero-order valence-corrected chi connectivity index (χ0v) is 7.67. The van der Waals surface area contributed by atoms with Crippen molar-refractivity contribution < 1.29 is 0 Å². The lowest BCUT2D eigenvalue weighted by Gasteiger charge is -1.96. The molecule has 0 heterocycles. The molecule has 0 aliphatic carbocycles. The predicted molar refractivity (Wildman–Crippen MR) is 55.9 cm³/mol. The summed E-state index contributed by atoms with van der Waals surface area (Å²) in [5.41, 5.74) is 3.73. The van der Waals surface area contributed by atoms with E-state index in [2.05, 4.69) is 44.7 Å². The Labute approximate surface area is 74.2 Å². The molecule has 0 radical (unpaired) electrons. The summed E-state index contributed by atoms with van der Waals surface area (Å²) in [7, 11) is 0. The van der Waals surface area contributed by atoms with Gasteiger partial charge in [-0.25, -0.2) is 0 Å². The Bertz CT molecular complexity index is 302. The highest BCUT2D eigenvalue weighted by Crippen LogP contribution is 2.09. The Morgan fingerprint density at radius 2 is 1.92 bits per heavy atom. The monoisotopic (exact) mass is 158 g/mol. The minimum atomic E-state index is 1.17. The fourth-order valence-electron chi connectivity index (χ4n) is 1.11. The van der Waals surface area contributed by atoms with E-state index < -0.39 is 0 Å². The molecule has 0 saturated heterocycles. The van der Waals surface area contributed by atoms with Gasteiger partial charge >= 0.3 is 0 Å². The molecule has 62 valence electrons. The largest absolute Gasteiger partial charge is 0.0985 e. The van der Waals surface area contributed by atoms with Crippen LogP contribution < -0.4 is 0 Å². The lowest BCUT2D eigenvalue weighted by Crippen LogP contribution is -1.75. The van der Waals surface area contributed by atoms with Gasteiger partial charge in [-0.2, -0.15) is 0 Å². The van der Waals surface area contributed by atoms with Gasteiger partial charge in [-0.3, -0.25) is 0 Å². The first kappa shape index (κ1) is 8.79. The van der Waals surface area contributed by atoms with Crippen molar-refractivity contribution in [3.63, 3.8) is 0 Å². The molecule has 0 nitrogen and oxygen atoms in total. The maximum atomic E-state index is 3.73. The number of allylic oxidation sites excluding steroid dienone is 1. The smallest absolute Gasteiger partial charge is 0.0251 e. The first-order valence-electron chi connectivity index (χ1n) is 4.10. The number of benzene rings is 1. The van der Waals surface area contributed by atoms with Gasteiger partial charge in [0.05, 0.1) is 0 Å². The first-order chi connectivity index (χ1) is 5.72. The summed E-state index contributed by atoms with van der Waals surface area (Å²) in [5.74, 6) is 0. The lowest BCUT2D eigenvalue weighted by atomic mass is 10.1. The molecule has 12 heavy (non-hydrogen) atoms. The van der Waals surface area contributed by atoms with Crippen LogP contribution in [0.1, 0.15) is 25.0 Å².